The Morgan fingerprint density at radius 2 is 1.45 bits per heavy atom. The van der Waals surface area contributed by atoms with Crippen LogP contribution in [0.4, 0.5) is 0 Å². The van der Waals surface area contributed by atoms with Gasteiger partial charge in [-0.1, -0.05) is 18.2 Å². The normalized spacial score (nSPS) is 11.0. The van der Waals surface area contributed by atoms with Gasteiger partial charge in [-0.3, -0.25) is 9.59 Å². The second-order valence-corrected chi connectivity index (χ2v) is 10.1. The third-order valence-corrected chi connectivity index (χ3v) is 3.18. The van der Waals surface area contributed by atoms with Gasteiger partial charge in [-0.2, -0.15) is 0 Å². The Morgan fingerprint density at radius 3 is 1.91 bits per heavy atom. The van der Waals surface area contributed by atoms with Crippen LogP contribution in [-0.2, 0) is 23.5 Å². The van der Waals surface area contributed by atoms with Crippen LogP contribution in [0.5, 0.6) is 0 Å². The molecule has 7 heteroatoms. The molecule has 0 aliphatic heterocycles. The molecule has 0 aromatic heterocycles. The number of esters is 2. The maximum atomic E-state index is 12.3. The van der Waals surface area contributed by atoms with Gasteiger partial charge in [0.25, 0.3) is 6.29 Å². The smallest absolute Gasteiger partial charge is 0.325 e. The third-order valence-electron chi connectivity index (χ3n) is 2.38. The van der Waals surface area contributed by atoms with Crippen molar-refractivity contribution in [2.24, 2.45) is 0 Å². The van der Waals surface area contributed by atoms with E-state index in [0.29, 0.717) is 0 Å². The van der Waals surface area contributed by atoms with E-state index >= 15 is 0 Å². The summed E-state index contributed by atoms with van der Waals surface area (Å²) in [5.74, 6) is -1.78. The van der Waals surface area contributed by atoms with Crippen LogP contribution in [0.3, 0.4) is 0 Å². The monoisotopic (exact) mass is 324 g/mol. The fourth-order valence-electron chi connectivity index (χ4n) is 1.67. The molecular weight excluding hydrogens is 304 g/mol. The summed E-state index contributed by atoms with van der Waals surface area (Å²) in [6.45, 7) is 8.02. The lowest BCUT2D eigenvalue weighted by atomic mass is 10.1. The number of hydrogen-bond donors (Lipinski definition) is 0. The zero-order valence-corrected chi connectivity index (χ0v) is 14.3. The Bertz CT molecular complexity index is 560. The van der Waals surface area contributed by atoms with Crippen molar-refractivity contribution in [1.82, 2.24) is 0 Å². The molecule has 0 aliphatic rings. The first-order chi connectivity index (χ1) is 10.1. The lowest BCUT2D eigenvalue weighted by Crippen LogP contribution is -2.30. The van der Waals surface area contributed by atoms with Gasteiger partial charge in [0.2, 0.25) is 8.32 Å². The summed E-state index contributed by atoms with van der Waals surface area (Å²) in [5.41, 5.74) is 0.480. The molecule has 0 saturated carbocycles. The molecule has 1 aromatic carbocycles. The van der Waals surface area contributed by atoms with E-state index in [0.717, 1.165) is 0 Å². The average molecular weight is 324 g/mol. The maximum Gasteiger partial charge on any atom is 0.325 e. The minimum absolute atomic E-state index is 0.206. The Balaban J connectivity index is 3.18. The van der Waals surface area contributed by atoms with Crippen molar-refractivity contribution in [1.29, 1.82) is 0 Å². The molecule has 1 aromatic rings. The van der Waals surface area contributed by atoms with Crippen molar-refractivity contribution in [3.63, 3.8) is 0 Å². The molecule has 0 unspecified atom stereocenters. The Labute approximate surface area is 130 Å². The van der Waals surface area contributed by atoms with E-state index in [1.807, 2.05) is 19.6 Å². The van der Waals surface area contributed by atoms with Crippen molar-refractivity contribution in [2.45, 2.75) is 39.8 Å². The van der Waals surface area contributed by atoms with E-state index < -0.39 is 32.5 Å². The topological polar surface area (TPSA) is 78.9 Å². The highest BCUT2D eigenvalue weighted by molar-refractivity contribution is 6.71. The molecule has 0 fully saturated rings. The van der Waals surface area contributed by atoms with Gasteiger partial charge in [0, 0.05) is 19.4 Å². The summed E-state index contributed by atoms with van der Waals surface area (Å²) >= 11 is 0. The predicted octanol–water partition coefficient (Wildman–Crippen LogP) is 2.80. The number of carbonyl (C=O) groups excluding carboxylic acids is 3. The van der Waals surface area contributed by atoms with Crippen LogP contribution < -0.4 is 0 Å². The lowest BCUT2D eigenvalue weighted by molar-refractivity contribution is -0.186. The Kier molecular flexibility index (Phi) is 5.87. The van der Waals surface area contributed by atoms with Crippen molar-refractivity contribution >= 4 is 26.2 Å². The summed E-state index contributed by atoms with van der Waals surface area (Å²) in [5, 5.41) is 0. The summed E-state index contributed by atoms with van der Waals surface area (Å²) in [6, 6.07) is 6.40. The second-order valence-electron chi connectivity index (χ2n) is 5.64. The molecule has 6 nitrogen and oxygen atoms in total. The van der Waals surface area contributed by atoms with Crippen LogP contribution in [0.25, 0.3) is 0 Å². The van der Waals surface area contributed by atoms with Crippen LogP contribution in [0.1, 0.15) is 36.1 Å². The van der Waals surface area contributed by atoms with E-state index in [2.05, 4.69) is 0 Å². The molecule has 0 heterocycles. The molecule has 0 saturated heterocycles. The third kappa shape index (κ3) is 5.69. The first-order valence-corrected chi connectivity index (χ1v) is 10.2. The highest BCUT2D eigenvalue weighted by atomic mass is 28.4. The van der Waals surface area contributed by atoms with Gasteiger partial charge < -0.3 is 13.9 Å². The number of rotatable bonds is 5. The summed E-state index contributed by atoms with van der Waals surface area (Å²) in [7, 11) is -2.09. The van der Waals surface area contributed by atoms with Crippen LogP contribution in [0.2, 0.25) is 19.6 Å². The largest absolute Gasteiger partial charge is 0.516 e. The van der Waals surface area contributed by atoms with Crippen LogP contribution in [-0.4, -0.2) is 26.2 Å². The van der Waals surface area contributed by atoms with E-state index in [4.69, 9.17) is 13.9 Å². The van der Waals surface area contributed by atoms with E-state index in [-0.39, 0.29) is 11.1 Å². The van der Waals surface area contributed by atoms with Gasteiger partial charge >= 0.3 is 17.9 Å². The molecule has 0 N–H and O–H groups in total. The minimum Gasteiger partial charge on any atom is -0.516 e. The van der Waals surface area contributed by atoms with Gasteiger partial charge in [0.05, 0.1) is 5.56 Å². The van der Waals surface area contributed by atoms with Gasteiger partial charge in [-0.25, -0.2) is 4.79 Å². The minimum atomic E-state index is -2.09. The lowest BCUT2D eigenvalue weighted by Gasteiger charge is -2.22. The number of hydrogen-bond acceptors (Lipinski definition) is 6. The molecule has 0 amide bonds. The number of benzene rings is 1. The molecule has 0 spiro atoms. The highest BCUT2D eigenvalue weighted by Crippen LogP contribution is 2.25. The second kappa shape index (κ2) is 7.21. The zero-order valence-electron chi connectivity index (χ0n) is 13.3. The first-order valence-electron chi connectivity index (χ1n) is 6.77. The molecule has 0 aliphatic carbocycles. The molecular formula is C15H20O6Si. The standard InChI is InChI=1S/C15H20O6Si/c1-10(16)19-15(20-11(2)17)13-9-7-6-8-12(13)14(18)21-22(3,4)5/h6-9,15H,1-5H3. The van der Waals surface area contributed by atoms with Gasteiger partial charge in [0.1, 0.15) is 0 Å². The number of carbonyl (C=O) groups is 3. The van der Waals surface area contributed by atoms with Crippen LogP contribution >= 0.6 is 0 Å². The summed E-state index contributed by atoms with van der Waals surface area (Å²) in [6.07, 6.45) is -1.28. The summed E-state index contributed by atoms with van der Waals surface area (Å²) < 4.78 is 15.4. The summed E-state index contributed by atoms with van der Waals surface area (Å²) in [4.78, 5) is 34.7. The quantitative estimate of drug-likeness (QED) is 0.471. The van der Waals surface area contributed by atoms with Gasteiger partial charge in [-0.05, 0) is 25.7 Å². The predicted molar refractivity (Wildman–Crippen MR) is 81.5 cm³/mol. The molecule has 0 bridgehead atoms. The van der Waals surface area contributed by atoms with Crippen LogP contribution in [0, 0.1) is 0 Å². The molecule has 0 atom stereocenters. The molecule has 120 valence electrons. The van der Waals surface area contributed by atoms with Crippen molar-refractivity contribution in [2.75, 3.05) is 0 Å². The van der Waals surface area contributed by atoms with Crippen molar-refractivity contribution in [3.05, 3.63) is 35.4 Å². The maximum absolute atomic E-state index is 12.3. The molecule has 22 heavy (non-hydrogen) atoms. The number of ether oxygens (including phenoxy) is 2. The van der Waals surface area contributed by atoms with Gasteiger partial charge in [-0.15, -0.1) is 0 Å². The molecule has 0 radical (unpaired) electrons. The first kappa shape index (κ1) is 17.9. The van der Waals surface area contributed by atoms with Crippen molar-refractivity contribution in [3.8, 4) is 0 Å². The fourth-order valence-corrected chi connectivity index (χ4v) is 2.34. The highest BCUT2D eigenvalue weighted by Gasteiger charge is 2.27. The Morgan fingerprint density at radius 1 is 0.955 bits per heavy atom. The van der Waals surface area contributed by atoms with E-state index in [9.17, 15) is 14.4 Å². The molecule has 1 rings (SSSR count). The van der Waals surface area contributed by atoms with Crippen LogP contribution in [0.15, 0.2) is 24.3 Å². The average Bonchev–Trinajstić information content (AvgIpc) is 2.34. The van der Waals surface area contributed by atoms with Crippen molar-refractivity contribution < 1.29 is 28.3 Å². The Hall–Kier alpha value is -2.15. The van der Waals surface area contributed by atoms with E-state index in [1.165, 1.54) is 19.9 Å². The zero-order chi connectivity index (χ0) is 16.9. The SMILES string of the molecule is CC(=O)OC(OC(C)=O)c1ccccc1C(=O)O[Si](C)(C)C. The fraction of sp³-hybridized carbons (Fsp3) is 0.400. The van der Waals surface area contributed by atoms with Gasteiger partial charge in [0.15, 0.2) is 0 Å². The van der Waals surface area contributed by atoms with E-state index in [1.54, 1.807) is 18.2 Å².